The summed E-state index contributed by atoms with van der Waals surface area (Å²) in [6.45, 7) is 5.08. The molecule has 3 rings (SSSR count). The van der Waals surface area contributed by atoms with Crippen molar-refractivity contribution in [3.63, 3.8) is 0 Å². The second-order valence-electron chi connectivity index (χ2n) is 6.27. The van der Waals surface area contributed by atoms with E-state index in [0.29, 0.717) is 5.92 Å². The van der Waals surface area contributed by atoms with E-state index in [1.807, 2.05) is 13.2 Å². The van der Waals surface area contributed by atoms with Gasteiger partial charge in [-0.2, -0.15) is 0 Å². The molecule has 1 unspecified atom stereocenters. The van der Waals surface area contributed by atoms with E-state index < -0.39 is 0 Å². The number of benzene rings is 1. The normalized spacial score (nSPS) is 17.4. The second-order valence-corrected chi connectivity index (χ2v) is 7.46. The van der Waals surface area contributed by atoms with Crippen LogP contribution in [-0.2, 0) is 19.4 Å². The average Bonchev–Trinajstić information content (AvgIpc) is 3.26. The Hall–Kier alpha value is -1.15. The molecular formula is C19H27IN4S. The molecule has 25 heavy (non-hydrogen) atoms. The Labute approximate surface area is 171 Å². The first kappa shape index (κ1) is 20.2. The number of thiazole rings is 1. The molecule has 0 spiro atoms. The lowest BCUT2D eigenvalue weighted by molar-refractivity contribution is 0.459. The maximum Gasteiger partial charge on any atom is 0.194 e. The Morgan fingerprint density at radius 1 is 1.36 bits per heavy atom. The van der Waals surface area contributed by atoms with Crippen LogP contribution in [0.3, 0.4) is 0 Å². The molecule has 0 bridgehead atoms. The van der Waals surface area contributed by atoms with E-state index in [2.05, 4.69) is 57.4 Å². The third kappa shape index (κ3) is 5.67. The Kier molecular flexibility index (Phi) is 8.15. The Morgan fingerprint density at radius 2 is 2.16 bits per heavy atom. The molecule has 0 saturated carbocycles. The summed E-state index contributed by atoms with van der Waals surface area (Å²) in [5.74, 6) is 1.70. The van der Waals surface area contributed by atoms with E-state index in [1.165, 1.54) is 16.9 Å². The van der Waals surface area contributed by atoms with Gasteiger partial charge in [0.2, 0.25) is 0 Å². The monoisotopic (exact) mass is 470 g/mol. The zero-order valence-electron chi connectivity index (χ0n) is 14.9. The molecule has 1 atom stereocenters. The summed E-state index contributed by atoms with van der Waals surface area (Å²) >= 11 is 1.78. The number of rotatable bonds is 5. The smallest absolute Gasteiger partial charge is 0.194 e. The van der Waals surface area contributed by atoms with Crippen LogP contribution in [-0.4, -0.2) is 36.0 Å². The third-order valence-electron chi connectivity index (χ3n) is 4.51. The highest BCUT2D eigenvalue weighted by molar-refractivity contribution is 14.0. The number of guanidine groups is 1. The Morgan fingerprint density at radius 3 is 2.84 bits per heavy atom. The maximum atomic E-state index is 4.47. The highest BCUT2D eigenvalue weighted by Gasteiger charge is 2.25. The highest BCUT2D eigenvalue weighted by Crippen LogP contribution is 2.21. The number of nitrogens with zero attached hydrogens (tertiary/aromatic N) is 3. The van der Waals surface area contributed by atoms with Gasteiger partial charge in [-0.25, -0.2) is 4.98 Å². The highest BCUT2D eigenvalue weighted by atomic mass is 127. The lowest BCUT2D eigenvalue weighted by atomic mass is 9.99. The van der Waals surface area contributed by atoms with E-state index >= 15 is 0 Å². The van der Waals surface area contributed by atoms with Crippen molar-refractivity contribution in [3.8, 4) is 0 Å². The average molecular weight is 470 g/mol. The van der Waals surface area contributed by atoms with Crippen molar-refractivity contribution in [2.45, 2.75) is 32.7 Å². The Balaban J connectivity index is 0.00000225. The van der Waals surface area contributed by atoms with Crippen molar-refractivity contribution in [2.75, 3.05) is 20.1 Å². The first-order valence-corrected chi connectivity index (χ1v) is 9.53. The van der Waals surface area contributed by atoms with Crippen molar-refractivity contribution >= 4 is 41.3 Å². The van der Waals surface area contributed by atoms with Gasteiger partial charge in [-0.05, 0) is 30.7 Å². The summed E-state index contributed by atoms with van der Waals surface area (Å²) in [6.07, 6.45) is 5.42. The SMILES string of the molecule is CCc1cnc(CNC(=NC)N2CCC(Cc3ccccc3)C2)s1.I. The van der Waals surface area contributed by atoms with E-state index in [4.69, 9.17) is 0 Å². The van der Waals surface area contributed by atoms with Crippen molar-refractivity contribution < 1.29 is 0 Å². The lowest BCUT2D eigenvalue weighted by Crippen LogP contribution is -2.39. The molecule has 1 fully saturated rings. The van der Waals surface area contributed by atoms with E-state index in [-0.39, 0.29) is 24.0 Å². The summed E-state index contributed by atoms with van der Waals surface area (Å²) in [5, 5.41) is 4.61. The van der Waals surface area contributed by atoms with Crippen LogP contribution in [0.25, 0.3) is 0 Å². The van der Waals surface area contributed by atoms with Gasteiger partial charge in [-0.15, -0.1) is 35.3 Å². The second kappa shape index (κ2) is 10.1. The Bertz CT molecular complexity index is 671. The van der Waals surface area contributed by atoms with E-state index in [0.717, 1.165) is 43.4 Å². The zero-order valence-corrected chi connectivity index (χ0v) is 18.1. The number of hydrogen-bond donors (Lipinski definition) is 1. The predicted molar refractivity (Wildman–Crippen MR) is 117 cm³/mol. The standard InChI is InChI=1S/C19H26N4S.HI/c1-3-17-12-21-18(24-17)13-22-19(20-2)23-10-9-16(14-23)11-15-7-5-4-6-8-15;/h4-8,12,16H,3,9-11,13-14H2,1-2H3,(H,20,22);1H. The molecule has 0 radical (unpaired) electrons. The van der Waals surface area contributed by atoms with Crippen LogP contribution in [0.5, 0.6) is 0 Å². The summed E-state index contributed by atoms with van der Waals surface area (Å²) in [6, 6.07) is 10.8. The number of halogens is 1. The number of nitrogens with one attached hydrogen (secondary N) is 1. The summed E-state index contributed by atoms with van der Waals surface area (Å²) in [4.78, 5) is 12.7. The molecule has 0 aliphatic carbocycles. The number of aryl methyl sites for hydroxylation is 1. The number of aromatic nitrogens is 1. The molecule has 1 aromatic heterocycles. The number of hydrogen-bond acceptors (Lipinski definition) is 3. The molecule has 2 aromatic rings. The quantitative estimate of drug-likeness (QED) is 0.409. The first-order chi connectivity index (χ1) is 11.8. The molecule has 1 saturated heterocycles. The molecular weight excluding hydrogens is 443 g/mol. The van der Waals surface area contributed by atoms with Crippen LogP contribution < -0.4 is 5.32 Å². The first-order valence-electron chi connectivity index (χ1n) is 8.71. The maximum absolute atomic E-state index is 4.47. The summed E-state index contributed by atoms with van der Waals surface area (Å²) < 4.78 is 0. The van der Waals surface area contributed by atoms with Gasteiger partial charge in [0.1, 0.15) is 5.01 Å². The van der Waals surface area contributed by atoms with Gasteiger partial charge in [0.05, 0.1) is 6.54 Å². The molecule has 1 aromatic carbocycles. The van der Waals surface area contributed by atoms with Gasteiger partial charge in [0, 0.05) is 31.2 Å². The fourth-order valence-corrected chi connectivity index (χ4v) is 4.02. The van der Waals surface area contributed by atoms with Crippen LogP contribution in [0.1, 0.15) is 28.8 Å². The fraction of sp³-hybridized carbons (Fsp3) is 0.474. The molecule has 1 aliphatic heterocycles. The number of aliphatic imine (C=N–C) groups is 1. The van der Waals surface area contributed by atoms with Crippen LogP contribution >= 0.6 is 35.3 Å². The predicted octanol–water partition coefficient (Wildman–Crippen LogP) is 3.96. The topological polar surface area (TPSA) is 40.5 Å². The largest absolute Gasteiger partial charge is 0.350 e. The molecule has 1 N–H and O–H groups in total. The van der Waals surface area contributed by atoms with Gasteiger partial charge in [-0.1, -0.05) is 37.3 Å². The molecule has 4 nitrogen and oxygen atoms in total. The minimum Gasteiger partial charge on any atom is -0.350 e. The van der Waals surface area contributed by atoms with Gasteiger partial charge in [0.15, 0.2) is 5.96 Å². The van der Waals surface area contributed by atoms with Crippen LogP contribution in [0, 0.1) is 5.92 Å². The van der Waals surface area contributed by atoms with Crippen LogP contribution in [0.4, 0.5) is 0 Å². The lowest BCUT2D eigenvalue weighted by Gasteiger charge is -2.21. The van der Waals surface area contributed by atoms with Crippen molar-refractivity contribution in [3.05, 3.63) is 52.0 Å². The molecule has 0 amide bonds. The summed E-state index contributed by atoms with van der Waals surface area (Å²) in [5.41, 5.74) is 1.43. The van der Waals surface area contributed by atoms with Gasteiger partial charge in [0.25, 0.3) is 0 Å². The van der Waals surface area contributed by atoms with Crippen LogP contribution in [0.2, 0.25) is 0 Å². The minimum atomic E-state index is 0. The molecule has 136 valence electrons. The molecule has 2 heterocycles. The van der Waals surface area contributed by atoms with E-state index in [1.54, 1.807) is 11.3 Å². The van der Waals surface area contributed by atoms with E-state index in [9.17, 15) is 0 Å². The van der Waals surface area contributed by atoms with Crippen molar-refractivity contribution in [1.82, 2.24) is 15.2 Å². The third-order valence-corrected chi connectivity index (χ3v) is 5.65. The van der Waals surface area contributed by atoms with Gasteiger partial charge >= 0.3 is 0 Å². The zero-order chi connectivity index (χ0) is 16.8. The molecule has 1 aliphatic rings. The van der Waals surface area contributed by atoms with Gasteiger partial charge in [-0.3, -0.25) is 4.99 Å². The number of likely N-dealkylation sites (tertiary alicyclic amines) is 1. The summed E-state index contributed by atoms with van der Waals surface area (Å²) in [7, 11) is 1.87. The molecule has 6 heteroatoms. The fourth-order valence-electron chi connectivity index (χ4n) is 3.22. The van der Waals surface area contributed by atoms with Gasteiger partial charge < -0.3 is 10.2 Å². The van der Waals surface area contributed by atoms with Crippen molar-refractivity contribution in [1.29, 1.82) is 0 Å². The van der Waals surface area contributed by atoms with Crippen molar-refractivity contribution in [2.24, 2.45) is 10.9 Å². The minimum absolute atomic E-state index is 0. The van der Waals surface area contributed by atoms with Crippen LogP contribution in [0.15, 0.2) is 41.5 Å².